The Morgan fingerprint density at radius 2 is 2.10 bits per heavy atom. The average molecular weight is 280 g/mol. The van der Waals surface area contributed by atoms with Crippen molar-refractivity contribution in [2.75, 3.05) is 5.32 Å². The number of amides is 2. The van der Waals surface area contributed by atoms with E-state index in [1.807, 2.05) is 0 Å². The summed E-state index contributed by atoms with van der Waals surface area (Å²) in [5.74, 6) is -1.37. The SMILES string of the molecule is Cc1ccc(F)cc1NC(=O)NC1(CC(=O)O)CCC1. The minimum Gasteiger partial charge on any atom is -0.481 e. The Morgan fingerprint density at radius 3 is 2.65 bits per heavy atom. The van der Waals surface area contributed by atoms with Crippen LogP contribution in [0.15, 0.2) is 18.2 Å². The van der Waals surface area contributed by atoms with Crippen LogP contribution in [0, 0.1) is 12.7 Å². The third-order valence-electron chi connectivity index (χ3n) is 3.63. The van der Waals surface area contributed by atoms with Gasteiger partial charge in [0.25, 0.3) is 0 Å². The fourth-order valence-corrected chi connectivity index (χ4v) is 2.36. The van der Waals surface area contributed by atoms with Crippen molar-refractivity contribution in [1.82, 2.24) is 5.32 Å². The van der Waals surface area contributed by atoms with Crippen LogP contribution in [-0.4, -0.2) is 22.6 Å². The van der Waals surface area contributed by atoms with E-state index in [1.54, 1.807) is 13.0 Å². The van der Waals surface area contributed by atoms with E-state index in [-0.39, 0.29) is 6.42 Å². The lowest BCUT2D eigenvalue weighted by Crippen LogP contribution is -2.55. The second-order valence-corrected chi connectivity index (χ2v) is 5.24. The number of carbonyl (C=O) groups is 2. The van der Waals surface area contributed by atoms with Crippen LogP contribution in [0.2, 0.25) is 0 Å². The molecule has 0 unspecified atom stereocenters. The van der Waals surface area contributed by atoms with Gasteiger partial charge in [-0.2, -0.15) is 0 Å². The van der Waals surface area contributed by atoms with Crippen molar-refractivity contribution in [3.63, 3.8) is 0 Å². The molecule has 0 atom stereocenters. The van der Waals surface area contributed by atoms with Crippen LogP contribution in [0.4, 0.5) is 14.9 Å². The van der Waals surface area contributed by atoms with E-state index in [4.69, 9.17) is 5.11 Å². The summed E-state index contributed by atoms with van der Waals surface area (Å²) in [7, 11) is 0. The molecule has 1 aromatic carbocycles. The molecule has 1 aliphatic carbocycles. The van der Waals surface area contributed by atoms with E-state index in [1.165, 1.54) is 12.1 Å². The maximum Gasteiger partial charge on any atom is 0.319 e. The molecule has 2 amide bonds. The van der Waals surface area contributed by atoms with Gasteiger partial charge >= 0.3 is 12.0 Å². The van der Waals surface area contributed by atoms with E-state index in [2.05, 4.69) is 10.6 Å². The van der Waals surface area contributed by atoms with Crippen LogP contribution >= 0.6 is 0 Å². The van der Waals surface area contributed by atoms with Gasteiger partial charge in [-0.25, -0.2) is 9.18 Å². The largest absolute Gasteiger partial charge is 0.481 e. The van der Waals surface area contributed by atoms with Gasteiger partial charge in [-0.3, -0.25) is 4.79 Å². The molecule has 1 aliphatic rings. The zero-order chi connectivity index (χ0) is 14.8. The molecule has 1 fully saturated rings. The standard InChI is InChI=1S/C14H17FN2O3/c1-9-3-4-10(15)7-11(9)16-13(20)17-14(5-2-6-14)8-12(18)19/h3-4,7H,2,5-6,8H2,1H3,(H,18,19)(H2,16,17,20). The van der Waals surface area contributed by atoms with Gasteiger partial charge < -0.3 is 15.7 Å². The number of halogens is 1. The van der Waals surface area contributed by atoms with Gasteiger partial charge in [0, 0.05) is 5.69 Å². The molecular formula is C14H17FN2O3. The quantitative estimate of drug-likeness (QED) is 0.793. The molecule has 5 nitrogen and oxygen atoms in total. The Balaban J connectivity index is 2.01. The van der Waals surface area contributed by atoms with E-state index in [0.717, 1.165) is 12.0 Å². The molecule has 6 heteroatoms. The fourth-order valence-electron chi connectivity index (χ4n) is 2.36. The predicted molar refractivity (Wildman–Crippen MR) is 72.1 cm³/mol. The first-order chi connectivity index (χ1) is 9.40. The molecule has 2 rings (SSSR count). The van der Waals surface area contributed by atoms with Crippen LogP contribution in [0.1, 0.15) is 31.2 Å². The predicted octanol–water partition coefficient (Wildman–Crippen LogP) is 2.65. The van der Waals surface area contributed by atoms with Gasteiger partial charge in [-0.05, 0) is 43.9 Å². The van der Waals surface area contributed by atoms with E-state index in [0.29, 0.717) is 18.5 Å². The molecule has 0 saturated heterocycles. The number of urea groups is 1. The highest BCUT2D eigenvalue weighted by atomic mass is 19.1. The average Bonchev–Trinajstić information content (AvgIpc) is 2.30. The van der Waals surface area contributed by atoms with Gasteiger partial charge in [0.1, 0.15) is 5.82 Å². The van der Waals surface area contributed by atoms with Gasteiger partial charge in [0.15, 0.2) is 0 Å². The summed E-state index contributed by atoms with van der Waals surface area (Å²) in [6, 6.07) is 3.62. The molecule has 0 aromatic heterocycles. The third kappa shape index (κ3) is 3.26. The third-order valence-corrected chi connectivity index (χ3v) is 3.63. The fraction of sp³-hybridized carbons (Fsp3) is 0.429. The number of benzene rings is 1. The maximum absolute atomic E-state index is 13.1. The van der Waals surface area contributed by atoms with Crippen molar-refractivity contribution in [3.8, 4) is 0 Å². The second kappa shape index (κ2) is 5.48. The number of carboxylic acids is 1. The van der Waals surface area contributed by atoms with Crippen molar-refractivity contribution in [2.24, 2.45) is 0 Å². The summed E-state index contributed by atoms with van der Waals surface area (Å²) in [6.07, 6.45) is 2.10. The molecule has 1 saturated carbocycles. The molecule has 0 spiro atoms. The number of nitrogens with one attached hydrogen (secondary N) is 2. The number of carbonyl (C=O) groups excluding carboxylic acids is 1. The first-order valence-corrected chi connectivity index (χ1v) is 6.47. The summed E-state index contributed by atoms with van der Waals surface area (Å²) in [4.78, 5) is 22.8. The van der Waals surface area contributed by atoms with Gasteiger partial charge in [-0.1, -0.05) is 6.07 Å². The lowest BCUT2D eigenvalue weighted by molar-refractivity contribution is -0.139. The first-order valence-electron chi connectivity index (χ1n) is 6.47. The zero-order valence-electron chi connectivity index (χ0n) is 11.2. The molecule has 0 aliphatic heterocycles. The smallest absolute Gasteiger partial charge is 0.319 e. The Bertz CT molecular complexity index is 541. The van der Waals surface area contributed by atoms with Crippen molar-refractivity contribution < 1.29 is 19.1 Å². The van der Waals surface area contributed by atoms with Crippen molar-refractivity contribution in [1.29, 1.82) is 0 Å². The Labute approximate surface area is 116 Å². The Hall–Kier alpha value is -2.11. The van der Waals surface area contributed by atoms with E-state index in [9.17, 15) is 14.0 Å². The van der Waals surface area contributed by atoms with Crippen molar-refractivity contribution in [3.05, 3.63) is 29.6 Å². The van der Waals surface area contributed by atoms with Gasteiger partial charge in [0.2, 0.25) is 0 Å². The molecule has 0 bridgehead atoms. The summed E-state index contributed by atoms with van der Waals surface area (Å²) in [5, 5.41) is 14.1. The molecule has 20 heavy (non-hydrogen) atoms. The summed E-state index contributed by atoms with van der Waals surface area (Å²) in [6.45, 7) is 1.76. The van der Waals surface area contributed by atoms with Crippen molar-refractivity contribution >= 4 is 17.7 Å². The lowest BCUT2D eigenvalue weighted by atomic mass is 9.74. The van der Waals surface area contributed by atoms with E-state index >= 15 is 0 Å². The second-order valence-electron chi connectivity index (χ2n) is 5.24. The normalized spacial score (nSPS) is 16.1. The zero-order valence-corrected chi connectivity index (χ0v) is 11.2. The minimum absolute atomic E-state index is 0.0947. The van der Waals surface area contributed by atoms with Crippen molar-refractivity contribution in [2.45, 2.75) is 38.1 Å². The van der Waals surface area contributed by atoms with Crippen LogP contribution in [0.3, 0.4) is 0 Å². The number of hydrogen-bond acceptors (Lipinski definition) is 2. The highest BCUT2D eigenvalue weighted by Crippen LogP contribution is 2.35. The molecule has 1 aromatic rings. The highest BCUT2D eigenvalue weighted by Gasteiger charge is 2.40. The number of anilines is 1. The first kappa shape index (κ1) is 14.3. The van der Waals surface area contributed by atoms with E-state index < -0.39 is 23.4 Å². The Kier molecular flexibility index (Phi) is 3.92. The van der Waals surface area contributed by atoms with Gasteiger partial charge in [0.05, 0.1) is 12.0 Å². The number of rotatable bonds is 4. The van der Waals surface area contributed by atoms with Crippen LogP contribution in [-0.2, 0) is 4.79 Å². The Morgan fingerprint density at radius 1 is 1.40 bits per heavy atom. The number of aliphatic carboxylic acids is 1. The summed E-state index contributed by atoms with van der Waals surface area (Å²) >= 11 is 0. The highest BCUT2D eigenvalue weighted by molar-refractivity contribution is 5.91. The summed E-state index contributed by atoms with van der Waals surface area (Å²) < 4.78 is 13.1. The number of hydrogen-bond donors (Lipinski definition) is 3. The molecule has 108 valence electrons. The number of carboxylic acid groups (broad SMARTS) is 1. The number of aryl methyl sites for hydroxylation is 1. The summed E-state index contributed by atoms with van der Waals surface area (Å²) in [5.41, 5.74) is 0.451. The monoisotopic (exact) mass is 280 g/mol. The molecule has 0 heterocycles. The molecule has 0 radical (unpaired) electrons. The van der Waals surface area contributed by atoms with Gasteiger partial charge in [-0.15, -0.1) is 0 Å². The topological polar surface area (TPSA) is 78.4 Å². The minimum atomic E-state index is -0.938. The molecule has 3 N–H and O–H groups in total. The lowest BCUT2D eigenvalue weighted by Gasteiger charge is -2.41. The molecular weight excluding hydrogens is 263 g/mol. The van der Waals surface area contributed by atoms with Crippen LogP contribution in [0.25, 0.3) is 0 Å². The van der Waals surface area contributed by atoms with Crippen LogP contribution in [0.5, 0.6) is 0 Å². The van der Waals surface area contributed by atoms with Crippen LogP contribution < -0.4 is 10.6 Å². The maximum atomic E-state index is 13.1.